The van der Waals surface area contributed by atoms with E-state index in [9.17, 15) is 19.5 Å². The average Bonchev–Trinajstić information content (AvgIpc) is 2.82. The van der Waals surface area contributed by atoms with Crippen LogP contribution in [0, 0.1) is 0 Å². The van der Waals surface area contributed by atoms with Crippen LogP contribution in [0.1, 0.15) is 38.3 Å². The molecule has 0 atom stereocenters. The van der Waals surface area contributed by atoms with Crippen LogP contribution in [0.4, 0.5) is 0 Å². The van der Waals surface area contributed by atoms with E-state index < -0.39 is 23.2 Å². The Kier molecular flexibility index (Phi) is 8.14. The number of carbonyl (C=O) groups is 2. The number of hydrogen-bond donors (Lipinski definition) is 2. The van der Waals surface area contributed by atoms with Gasteiger partial charge in [0.05, 0.1) is 34.8 Å². The Morgan fingerprint density at radius 2 is 1.73 bits per heavy atom. The first-order chi connectivity index (χ1) is 15.8. The van der Waals surface area contributed by atoms with Crippen LogP contribution >= 0.6 is 23.2 Å². The maximum absolute atomic E-state index is 12.5. The highest BCUT2D eigenvalue weighted by molar-refractivity contribution is 6.42. The summed E-state index contributed by atoms with van der Waals surface area (Å²) in [7, 11) is 1.30. The standard InChI is InChI=1S/C24H22Cl2N2O5/c1-33-24(32)17-7-4-16(5-8-17)14-28-12-10-18(21(29)23(28)31)22(30)27-11-2-3-15-6-9-19(25)20(26)13-15/h4-10,12-13,29H,2-3,11,14H2,1H3,(H,27,30). The maximum Gasteiger partial charge on any atom is 0.337 e. The minimum absolute atomic E-state index is 0.0909. The molecule has 7 nitrogen and oxygen atoms in total. The van der Waals surface area contributed by atoms with E-state index in [0.29, 0.717) is 35.0 Å². The summed E-state index contributed by atoms with van der Waals surface area (Å²) in [5.41, 5.74) is 1.34. The minimum Gasteiger partial charge on any atom is -0.502 e. The van der Waals surface area contributed by atoms with Crippen LogP contribution in [0.2, 0.25) is 10.0 Å². The normalized spacial score (nSPS) is 10.6. The first kappa shape index (κ1) is 24.4. The van der Waals surface area contributed by atoms with Gasteiger partial charge < -0.3 is 19.7 Å². The van der Waals surface area contributed by atoms with Gasteiger partial charge in [0.15, 0.2) is 5.75 Å². The lowest BCUT2D eigenvalue weighted by Crippen LogP contribution is -2.28. The largest absolute Gasteiger partial charge is 0.502 e. The molecule has 0 saturated heterocycles. The number of halogens is 2. The molecule has 0 bridgehead atoms. The van der Waals surface area contributed by atoms with Gasteiger partial charge in [-0.2, -0.15) is 0 Å². The van der Waals surface area contributed by atoms with Crippen molar-refractivity contribution in [2.45, 2.75) is 19.4 Å². The van der Waals surface area contributed by atoms with Crippen LogP contribution < -0.4 is 10.9 Å². The molecular formula is C24H22Cl2N2O5. The molecule has 1 amide bonds. The number of aromatic nitrogens is 1. The zero-order valence-electron chi connectivity index (χ0n) is 17.8. The second-order valence-corrected chi connectivity index (χ2v) is 8.12. The fourth-order valence-corrected chi connectivity index (χ4v) is 3.54. The second kappa shape index (κ2) is 11.0. The van der Waals surface area contributed by atoms with E-state index in [4.69, 9.17) is 23.2 Å². The van der Waals surface area contributed by atoms with Crippen molar-refractivity contribution < 1.29 is 19.4 Å². The van der Waals surface area contributed by atoms with Crippen LogP contribution in [0.5, 0.6) is 5.75 Å². The Bertz CT molecular complexity index is 1220. The molecule has 2 aromatic carbocycles. The Balaban J connectivity index is 1.59. The highest BCUT2D eigenvalue weighted by Crippen LogP contribution is 2.23. The number of ether oxygens (including phenoxy) is 1. The molecule has 2 N–H and O–H groups in total. The van der Waals surface area contributed by atoms with Crippen LogP contribution in [0.15, 0.2) is 59.5 Å². The molecular weight excluding hydrogens is 467 g/mol. The van der Waals surface area contributed by atoms with Gasteiger partial charge >= 0.3 is 5.97 Å². The Labute approximate surface area is 200 Å². The van der Waals surface area contributed by atoms with Crippen molar-refractivity contribution in [1.82, 2.24) is 9.88 Å². The van der Waals surface area contributed by atoms with Gasteiger partial charge in [-0.15, -0.1) is 0 Å². The molecule has 3 rings (SSSR count). The minimum atomic E-state index is -0.685. The number of nitrogens with one attached hydrogen (secondary N) is 1. The van der Waals surface area contributed by atoms with Gasteiger partial charge in [0.2, 0.25) is 0 Å². The molecule has 0 saturated carbocycles. The molecule has 172 valence electrons. The molecule has 0 fully saturated rings. The van der Waals surface area contributed by atoms with Gasteiger partial charge in [-0.3, -0.25) is 9.59 Å². The topological polar surface area (TPSA) is 97.6 Å². The molecule has 0 aliphatic rings. The van der Waals surface area contributed by atoms with Crippen molar-refractivity contribution >= 4 is 35.1 Å². The van der Waals surface area contributed by atoms with E-state index in [-0.39, 0.29) is 12.1 Å². The quantitative estimate of drug-likeness (QED) is 0.368. The number of carbonyl (C=O) groups excluding carboxylic acids is 2. The number of rotatable bonds is 8. The number of nitrogens with zero attached hydrogens (tertiary/aromatic N) is 1. The number of methoxy groups -OCH3 is 1. The van der Waals surface area contributed by atoms with Crippen LogP contribution in [0.25, 0.3) is 0 Å². The summed E-state index contributed by atoms with van der Waals surface area (Å²) >= 11 is 11.9. The number of aromatic hydroxyl groups is 1. The number of aryl methyl sites for hydroxylation is 1. The predicted octanol–water partition coefficient (Wildman–Crippen LogP) is 4.06. The highest BCUT2D eigenvalue weighted by atomic mass is 35.5. The van der Waals surface area contributed by atoms with Crippen molar-refractivity contribution in [1.29, 1.82) is 0 Å². The van der Waals surface area contributed by atoms with Crippen molar-refractivity contribution in [3.05, 3.63) is 97.4 Å². The zero-order chi connectivity index (χ0) is 24.0. The molecule has 9 heteroatoms. The molecule has 0 aliphatic carbocycles. The van der Waals surface area contributed by atoms with E-state index in [1.165, 1.54) is 23.9 Å². The monoisotopic (exact) mass is 488 g/mol. The van der Waals surface area contributed by atoms with Crippen LogP contribution in [-0.2, 0) is 17.7 Å². The van der Waals surface area contributed by atoms with Crippen LogP contribution in [-0.4, -0.2) is 35.2 Å². The lowest BCUT2D eigenvalue weighted by molar-refractivity contribution is 0.0600. The summed E-state index contributed by atoms with van der Waals surface area (Å²) < 4.78 is 5.94. The summed E-state index contributed by atoms with van der Waals surface area (Å²) in [5, 5.41) is 13.9. The van der Waals surface area contributed by atoms with Gasteiger partial charge in [-0.1, -0.05) is 41.4 Å². The summed E-state index contributed by atoms with van der Waals surface area (Å²) in [6.45, 7) is 0.521. The maximum atomic E-state index is 12.5. The SMILES string of the molecule is COC(=O)c1ccc(Cn2ccc(C(=O)NCCCc3ccc(Cl)c(Cl)c3)c(O)c2=O)cc1. The van der Waals surface area contributed by atoms with Crippen LogP contribution in [0.3, 0.4) is 0 Å². The molecule has 33 heavy (non-hydrogen) atoms. The van der Waals surface area contributed by atoms with Crippen molar-refractivity contribution in [2.75, 3.05) is 13.7 Å². The zero-order valence-corrected chi connectivity index (χ0v) is 19.3. The average molecular weight is 489 g/mol. The van der Waals surface area contributed by atoms with Crippen molar-refractivity contribution in [2.24, 2.45) is 0 Å². The Morgan fingerprint density at radius 3 is 2.39 bits per heavy atom. The predicted molar refractivity (Wildman–Crippen MR) is 126 cm³/mol. The van der Waals surface area contributed by atoms with Gasteiger partial charge in [-0.25, -0.2) is 4.79 Å². The van der Waals surface area contributed by atoms with Crippen molar-refractivity contribution in [3.63, 3.8) is 0 Å². The van der Waals surface area contributed by atoms with Gasteiger partial charge in [0.25, 0.3) is 11.5 Å². The molecule has 0 unspecified atom stereocenters. The van der Waals surface area contributed by atoms with E-state index in [2.05, 4.69) is 10.1 Å². The number of esters is 1. The van der Waals surface area contributed by atoms with E-state index in [1.807, 2.05) is 6.07 Å². The van der Waals surface area contributed by atoms with Gasteiger partial charge in [-0.05, 0) is 54.3 Å². The third-order valence-corrected chi connectivity index (χ3v) is 5.76. The highest BCUT2D eigenvalue weighted by Gasteiger charge is 2.16. The summed E-state index contributed by atoms with van der Waals surface area (Å²) in [4.78, 5) is 36.5. The Morgan fingerprint density at radius 1 is 1.03 bits per heavy atom. The third kappa shape index (κ3) is 6.15. The molecule has 0 aliphatic heterocycles. The van der Waals surface area contributed by atoms with E-state index >= 15 is 0 Å². The molecule has 0 spiro atoms. The van der Waals surface area contributed by atoms with Gasteiger partial charge in [0.1, 0.15) is 0 Å². The summed E-state index contributed by atoms with van der Waals surface area (Å²) in [6, 6.07) is 13.3. The number of hydrogen-bond acceptors (Lipinski definition) is 5. The first-order valence-corrected chi connectivity index (χ1v) is 10.9. The molecule has 0 radical (unpaired) electrons. The molecule has 3 aromatic rings. The Hall–Kier alpha value is -3.29. The third-order valence-electron chi connectivity index (χ3n) is 5.02. The summed E-state index contributed by atoms with van der Waals surface area (Å²) in [6.07, 6.45) is 2.77. The van der Waals surface area contributed by atoms with E-state index in [1.54, 1.807) is 36.4 Å². The number of benzene rings is 2. The smallest absolute Gasteiger partial charge is 0.337 e. The molecule has 1 aromatic heterocycles. The van der Waals surface area contributed by atoms with Crippen molar-refractivity contribution in [3.8, 4) is 5.75 Å². The lowest BCUT2D eigenvalue weighted by atomic mass is 10.1. The fourth-order valence-electron chi connectivity index (χ4n) is 3.22. The molecule has 1 heterocycles. The van der Waals surface area contributed by atoms with Gasteiger partial charge in [0, 0.05) is 12.7 Å². The first-order valence-electron chi connectivity index (χ1n) is 10.1. The number of amides is 1. The fraction of sp³-hybridized carbons (Fsp3) is 0.208. The second-order valence-electron chi connectivity index (χ2n) is 7.31. The lowest BCUT2D eigenvalue weighted by Gasteiger charge is -2.11. The summed E-state index contributed by atoms with van der Waals surface area (Å²) in [5.74, 6) is -1.61. The number of pyridine rings is 1. The van der Waals surface area contributed by atoms with E-state index in [0.717, 1.165) is 11.1 Å².